The minimum absolute atomic E-state index is 0. The second-order valence-electron chi connectivity index (χ2n) is 9.47. The smallest absolute Gasteiger partial charge is 0.790 e. The average Bonchev–Trinajstić information content (AvgIpc) is 2.82. The van der Waals surface area contributed by atoms with Gasteiger partial charge in [0.25, 0.3) is 0 Å². The summed E-state index contributed by atoms with van der Waals surface area (Å²) in [6.07, 6.45) is 14.5. The maximum atomic E-state index is 12.0. The van der Waals surface area contributed by atoms with E-state index in [2.05, 4.69) is 16.8 Å². The predicted molar refractivity (Wildman–Crippen MR) is 137 cm³/mol. The van der Waals surface area contributed by atoms with Crippen LogP contribution < -0.4 is 74.2 Å². The zero-order valence-corrected chi connectivity index (χ0v) is 29.7. The minimum atomic E-state index is -5.24. The van der Waals surface area contributed by atoms with E-state index in [4.69, 9.17) is 9.47 Å². The monoisotopic (exact) mass is 595 g/mol. The molecule has 0 rings (SSSR count). The zero-order chi connectivity index (χ0) is 27.8. The maximum absolute atomic E-state index is 12.0. The van der Waals surface area contributed by atoms with Gasteiger partial charge in [0, 0.05) is 26.3 Å². The summed E-state index contributed by atoms with van der Waals surface area (Å²) in [5.74, 6) is -0.991. The molecule has 0 spiro atoms. The normalized spacial score (nSPS) is 11.6. The van der Waals surface area contributed by atoms with Gasteiger partial charge in [-0.2, -0.15) is 0 Å². The fourth-order valence-electron chi connectivity index (χ4n) is 3.74. The fraction of sp³-hybridized carbons (Fsp3) is 0.885. The Balaban J connectivity index is -0.00000648. The van der Waals surface area contributed by atoms with Crippen LogP contribution in [0.2, 0.25) is 0 Å². The van der Waals surface area contributed by atoms with Crippen LogP contribution in [0.15, 0.2) is 0 Å². The number of phosphoric acid groups is 1. The Morgan fingerprint density at radius 2 is 1.18 bits per heavy atom. The van der Waals surface area contributed by atoms with Gasteiger partial charge in [0.1, 0.15) is 6.61 Å². The molecule has 0 aliphatic rings. The largest absolute Gasteiger partial charge is 1.00 e. The number of esters is 2. The maximum Gasteiger partial charge on any atom is 1.00 e. The van der Waals surface area contributed by atoms with Gasteiger partial charge in [-0.3, -0.25) is 14.4 Å². The van der Waals surface area contributed by atoms with Crippen molar-refractivity contribution in [1.29, 1.82) is 0 Å². The summed E-state index contributed by atoms with van der Waals surface area (Å²) in [7, 11) is -5.24. The molecule has 0 saturated carbocycles. The van der Waals surface area contributed by atoms with Gasteiger partial charge in [-0.15, -0.1) is 0 Å². The van der Waals surface area contributed by atoms with Crippen molar-refractivity contribution in [2.75, 3.05) is 19.8 Å². The van der Waals surface area contributed by atoms with Crippen molar-refractivity contribution >= 4 is 25.7 Å². The van der Waals surface area contributed by atoms with Crippen LogP contribution in [-0.2, 0) is 32.9 Å². The molecule has 1 N–H and O–H groups in total. The number of carbonyl (C=O) groups is 3. The topological polar surface area (TPSA) is 154 Å². The van der Waals surface area contributed by atoms with Crippen LogP contribution in [0.4, 0.5) is 0 Å². The van der Waals surface area contributed by atoms with Gasteiger partial charge in [0.15, 0.2) is 6.10 Å². The van der Waals surface area contributed by atoms with Crippen molar-refractivity contribution in [2.45, 2.75) is 129 Å². The minimum Gasteiger partial charge on any atom is -0.790 e. The molecule has 218 valence electrons. The van der Waals surface area contributed by atoms with Gasteiger partial charge in [-0.05, 0) is 19.3 Å². The Morgan fingerprint density at radius 1 is 0.718 bits per heavy atom. The van der Waals surface area contributed by atoms with Crippen molar-refractivity contribution in [3.8, 4) is 0 Å². The molecule has 0 aromatic rings. The number of hydrogen-bond acceptors (Lipinski definition) is 9. The predicted octanol–water partition coefficient (Wildman–Crippen LogP) is -1.92. The van der Waals surface area contributed by atoms with Crippen molar-refractivity contribution in [3.05, 3.63) is 0 Å². The molecule has 0 aromatic carbocycles. The van der Waals surface area contributed by atoms with E-state index in [9.17, 15) is 28.7 Å². The molecule has 0 fully saturated rings. The average molecular weight is 596 g/mol. The SMILES string of the molecule is CCCCCCCC(=O)O[C@@H](COC(=O)CCCCCCCCCCCCNC(C)=O)COP(=O)([O-])[O-].[Na+].[Na+]. The van der Waals surface area contributed by atoms with Gasteiger partial charge in [0.05, 0.1) is 14.4 Å². The molecule has 0 aromatic heterocycles. The molecule has 0 saturated heterocycles. The van der Waals surface area contributed by atoms with E-state index < -0.39 is 32.5 Å². The van der Waals surface area contributed by atoms with Gasteiger partial charge in [-0.1, -0.05) is 84.0 Å². The molecular weight excluding hydrogens is 547 g/mol. The molecule has 0 unspecified atom stereocenters. The second kappa shape index (κ2) is 30.0. The molecule has 1 amide bonds. The third-order valence-electron chi connectivity index (χ3n) is 5.81. The van der Waals surface area contributed by atoms with Crippen molar-refractivity contribution in [1.82, 2.24) is 5.32 Å². The quantitative estimate of drug-likeness (QED) is 0.0551. The van der Waals surface area contributed by atoms with Crippen LogP contribution in [0.1, 0.15) is 123 Å². The molecule has 0 heterocycles. The number of ether oxygens (including phenoxy) is 2. The Labute approximate surface area is 279 Å². The van der Waals surface area contributed by atoms with Gasteiger partial charge in [-0.25, -0.2) is 0 Å². The Kier molecular flexibility index (Phi) is 33.8. The van der Waals surface area contributed by atoms with E-state index in [0.717, 1.165) is 70.8 Å². The number of unbranched alkanes of at least 4 members (excludes halogenated alkanes) is 13. The Morgan fingerprint density at radius 3 is 1.67 bits per heavy atom. The molecule has 0 aliphatic carbocycles. The van der Waals surface area contributed by atoms with Crippen LogP contribution in [-0.4, -0.2) is 43.7 Å². The van der Waals surface area contributed by atoms with E-state index in [0.29, 0.717) is 12.8 Å². The van der Waals surface area contributed by atoms with Gasteiger partial charge < -0.3 is 33.7 Å². The Bertz CT molecular complexity index is 665. The number of hydrogen-bond donors (Lipinski definition) is 1. The van der Waals surface area contributed by atoms with Gasteiger partial charge in [0.2, 0.25) is 5.91 Å². The number of phosphoric ester groups is 1. The van der Waals surface area contributed by atoms with Crippen LogP contribution in [0.25, 0.3) is 0 Å². The first kappa shape index (κ1) is 44.0. The molecule has 39 heavy (non-hydrogen) atoms. The molecule has 13 heteroatoms. The standard InChI is InChI=1S/C26H50NO9P.2Na/c1-3-4-5-12-16-19-26(30)36-24(22-35-37(31,32)33)21-34-25(29)18-15-13-10-8-6-7-9-11-14-17-20-27-23(2)28;;/h24H,3-22H2,1-2H3,(H,27,28)(H2,31,32,33);;/q;2*+1/p-2/t24-;;/m0../s1. The second-order valence-corrected chi connectivity index (χ2v) is 10.6. The Hall–Kier alpha value is 0.520. The molecule has 1 atom stereocenters. The molecule has 0 bridgehead atoms. The summed E-state index contributed by atoms with van der Waals surface area (Å²) >= 11 is 0. The summed E-state index contributed by atoms with van der Waals surface area (Å²) in [4.78, 5) is 56.4. The summed E-state index contributed by atoms with van der Waals surface area (Å²) in [6, 6.07) is 0. The summed E-state index contributed by atoms with van der Waals surface area (Å²) in [5.41, 5.74) is 0. The fourth-order valence-corrected chi connectivity index (χ4v) is 4.09. The van der Waals surface area contributed by atoms with Crippen LogP contribution in [0.5, 0.6) is 0 Å². The number of rotatable bonds is 25. The molecular formula is C26H48NNa2O9P. The van der Waals surface area contributed by atoms with E-state index in [-0.39, 0.29) is 84.5 Å². The molecule has 10 nitrogen and oxygen atoms in total. The van der Waals surface area contributed by atoms with Crippen molar-refractivity contribution in [3.63, 3.8) is 0 Å². The molecule has 0 radical (unpaired) electrons. The number of nitrogens with one attached hydrogen (secondary N) is 1. The van der Waals surface area contributed by atoms with E-state index in [1.807, 2.05) is 0 Å². The summed E-state index contributed by atoms with van der Waals surface area (Å²) in [5, 5.41) is 2.80. The summed E-state index contributed by atoms with van der Waals surface area (Å²) < 4.78 is 25.3. The number of carbonyl (C=O) groups excluding carboxylic acids is 3. The third kappa shape index (κ3) is 34.6. The first-order valence-corrected chi connectivity index (χ1v) is 15.4. The van der Waals surface area contributed by atoms with Crippen LogP contribution in [0, 0.1) is 0 Å². The van der Waals surface area contributed by atoms with Crippen molar-refractivity contribution in [2.24, 2.45) is 0 Å². The molecule has 0 aliphatic heterocycles. The zero-order valence-electron chi connectivity index (χ0n) is 24.8. The van der Waals surface area contributed by atoms with E-state index in [1.54, 1.807) is 0 Å². The number of amides is 1. The van der Waals surface area contributed by atoms with Crippen molar-refractivity contribution < 1.29 is 102 Å². The summed E-state index contributed by atoms with van der Waals surface area (Å²) in [6.45, 7) is 3.34. The third-order valence-corrected chi connectivity index (χ3v) is 6.28. The van der Waals surface area contributed by atoms with Crippen LogP contribution >= 0.6 is 7.82 Å². The van der Waals surface area contributed by atoms with E-state index in [1.165, 1.54) is 26.2 Å². The first-order chi connectivity index (χ1) is 17.6. The van der Waals surface area contributed by atoms with Gasteiger partial charge >= 0.3 is 71.1 Å². The van der Waals surface area contributed by atoms with Crippen LogP contribution in [0.3, 0.4) is 0 Å². The first-order valence-electron chi connectivity index (χ1n) is 13.9. The van der Waals surface area contributed by atoms with E-state index >= 15 is 0 Å².